The summed E-state index contributed by atoms with van der Waals surface area (Å²) in [6.45, 7) is 4.79. The third kappa shape index (κ3) is 8.20. The predicted octanol–water partition coefficient (Wildman–Crippen LogP) is 6.88. The molecule has 1 aliphatic rings. The topological polar surface area (TPSA) is 166 Å². The molecule has 6 aromatic rings. The van der Waals surface area contributed by atoms with E-state index in [0.29, 0.717) is 22.3 Å². The summed E-state index contributed by atoms with van der Waals surface area (Å²) in [5.41, 5.74) is 0.269. The van der Waals surface area contributed by atoms with Crippen LogP contribution in [0.3, 0.4) is 0 Å². The lowest BCUT2D eigenvalue weighted by molar-refractivity contribution is -0.292. The molecule has 0 bridgehead atoms. The van der Waals surface area contributed by atoms with Gasteiger partial charge >= 0.3 is 23.5 Å². The fourth-order valence-electron chi connectivity index (χ4n) is 7.65. The average molecular weight is 803 g/mol. The van der Waals surface area contributed by atoms with Gasteiger partial charge in [0.05, 0.1) is 19.1 Å². The van der Waals surface area contributed by atoms with Gasteiger partial charge in [-0.3, -0.25) is 14.4 Å². The average Bonchev–Trinajstić information content (AvgIpc) is 3.20. The lowest BCUT2D eigenvalue weighted by atomic mass is 9.80. The summed E-state index contributed by atoms with van der Waals surface area (Å²) in [6, 6.07) is 35.0. The van der Waals surface area contributed by atoms with Gasteiger partial charge in [-0.2, -0.15) is 0 Å². The van der Waals surface area contributed by atoms with Crippen molar-refractivity contribution in [2.45, 2.75) is 64.0 Å². The molecule has 2 heterocycles. The number of phenols is 1. The van der Waals surface area contributed by atoms with Gasteiger partial charge in [0.15, 0.2) is 12.2 Å². The molecule has 59 heavy (non-hydrogen) atoms. The Bertz CT molecular complexity index is 2440. The predicted molar refractivity (Wildman–Crippen MR) is 214 cm³/mol. The molecule has 0 unspecified atom stereocenters. The first-order valence-electron chi connectivity index (χ1n) is 18.8. The third-order valence-electron chi connectivity index (χ3n) is 9.98. The number of esters is 3. The van der Waals surface area contributed by atoms with Crippen LogP contribution in [0.15, 0.2) is 124 Å². The van der Waals surface area contributed by atoms with Gasteiger partial charge in [-0.25, -0.2) is 4.79 Å². The highest BCUT2D eigenvalue weighted by Gasteiger charge is 2.54. The van der Waals surface area contributed by atoms with Gasteiger partial charge < -0.3 is 42.7 Å². The fourth-order valence-corrected chi connectivity index (χ4v) is 7.65. The minimum absolute atomic E-state index is 0.0553. The van der Waals surface area contributed by atoms with Crippen LogP contribution in [0.4, 0.5) is 0 Å². The summed E-state index contributed by atoms with van der Waals surface area (Å²) >= 11 is 0. The van der Waals surface area contributed by atoms with E-state index in [1.165, 1.54) is 20.1 Å². The number of fused-ring (bicyclic) bond motifs is 2. The molecule has 5 atom stereocenters. The molecular formula is C46H42O13. The molecule has 0 aliphatic carbocycles. The largest absolute Gasteiger partial charge is 0.506 e. The molecule has 1 aromatic heterocycles. The summed E-state index contributed by atoms with van der Waals surface area (Å²) in [5, 5.41) is 12.5. The van der Waals surface area contributed by atoms with Crippen molar-refractivity contribution in [3.05, 3.63) is 148 Å². The Morgan fingerprint density at radius 1 is 0.678 bits per heavy atom. The number of hydrogen-bond acceptors (Lipinski definition) is 13. The van der Waals surface area contributed by atoms with Gasteiger partial charge in [-0.15, -0.1) is 0 Å². The number of aryl methyl sites for hydroxylation is 1. The highest BCUT2D eigenvalue weighted by molar-refractivity contribution is 6.07. The second-order valence-corrected chi connectivity index (χ2v) is 14.0. The molecule has 7 rings (SSSR count). The maximum atomic E-state index is 13.1. The van der Waals surface area contributed by atoms with E-state index in [-0.39, 0.29) is 23.1 Å². The minimum Gasteiger partial charge on any atom is -0.506 e. The standard InChI is InChI=1S/C46H42O13/c1-26-21-30-22-31-23-35(52-5)24-36(38(31)40(50)39(30)44(51)54-26)58-45-43(57-29(4)49)42(56-28(3)48)41(55-27(2)47)37(59-45)25-53-46(32-15-9-6-10-16-32,33-17-11-7-12-18-33)34-19-13-8-14-20-34/h6-24,37,41-43,45,50H,25H2,1-5H3/t37-,41-,42+,43-,45-/m1/s1. The summed E-state index contributed by atoms with van der Waals surface area (Å²) in [7, 11) is 1.44. The van der Waals surface area contributed by atoms with E-state index in [4.69, 9.17) is 37.6 Å². The molecule has 304 valence electrons. The Morgan fingerprint density at radius 2 is 1.19 bits per heavy atom. The van der Waals surface area contributed by atoms with Crippen LogP contribution in [-0.4, -0.2) is 67.4 Å². The molecule has 1 aliphatic heterocycles. The molecular weight excluding hydrogens is 760 g/mol. The van der Waals surface area contributed by atoms with E-state index in [0.717, 1.165) is 30.5 Å². The monoisotopic (exact) mass is 802 g/mol. The molecule has 5 aromatic carbocycles. The van der Waals surface area contributed by atoms with Crippen LogP contribution in [0.25, 0.3) is 21.5 Å². The van der Waals surface area contributed by atoms with Gasteiger partial charge in [-0.1, -0.05) is 91.0 Å². The Balaban J connectivity index is 1.39. The van der Waals surface area contributed by atoms with Crippen molar-refractivity contribution in [3.8, 4) is 17.2 Å². The van der Waals surface area contributed by atoms with Crippen LogP contribution in [-0.2, 0) is 43.7 Å². The maximum absolute atomic E-state index is 13.1. The summed E-state index contributed by atoms with van der Waals surface area (Å²) in [5.74, 6) is -2.19. The number of benzene rings is 5. The van der Waals surface area contributed by atoms with Gasteiger partial charge in [0.2, 0.25) is 12.4 Å². The molecule has 0 spiro atoms. The van der Waals surface area contributed by atoms with Crippen LogP contribution in [0.1, 0.15) is 43.2 Å². The third-order valence-corrected chi connectivity index (χ3v) is 9.98. The summed E-state index contributed by atoms with van der Waals surface area (Å²) in [6.07, 6.45) is -7.29. The quantitative estimate of drug-likeness (QED) is 0.0590. The van der Waals surface area contributed by atoms with Crippen LogP contribution in [0.5, 0.6) is 17.2 Å². The molecule has 13 nitrogen and oxygen atoms in total. The van der Waals surface area contributed by atoms with Crippen LogP contribution in [0, 0.1) is 6.92 Å². The zero-order chi connectivity index (χ0) is 41.8. The smallest absolute Gasteiger partial charge is 0.347 e. The van der Waals surface area contributed by atoms with Crippen LogP contribution in [0.2, 0.25) is 0 Å². The number of aromatic hydroxyl groups is 1. The highest BCUT2D eigenvalue weighted by Crippen LogP contribution is 2.44. The number of methoxy groups -OCH3 is 1. The highest BCUT2D eigenvalue weighted by atomic mass is 16.7. The Morgan fingerprint density at radius 3 is 1.71 bits per heavy atom. The van der Waals surface area contributed by atoms with E-state index in [9.17, 15) is 24.3 Å². The number of phenolic OH excluding ortho intramolecular Hbond substituents is 1. The van der Waals surface area contributed by atoms with Gasteiger partial charge in [0, 0.05) is 26.8 Å². The number of carbonyl (C=O) groups excluding carboxylic acids is 3. The van der Waals surface area contributed by atoms with Crippen molar-refractivity contribution < 1.29 is 57.1 Å². The molecule has 0 saturated carbocycles. The number of hydrogen-bond donors (Lipinski definition) is 1. The van der Waals surface area contributed by atoms with E-state index >= 15 is 0 Å². The Kier molecular flexibility index (Phi) is 11.7. The zero-order valence-electron chi connectivity index (χ0n) is 32.9. The fraction of sp³-hybridized carbons (Fsp3) is 0.261. The first-order chi connectivity index (χ1) is 28.4. The second-order valence-electron chi connectivity index (χ2n) is 14.0. The van der Waals surface area contributed by atoms with Crippen molar-refractivity contribution in [2.75, 3.05) is 13.7 Å². The molecule has 0 radical (unpaired) electrons. The number of rotatable bonds is 12. The van der Waals surface area contributed by atoms with Gasteiger partial charge in [0.25, 0.3) is 0 Å². The Labute approximate surface area is 338 Å². The molecule has 1 fully saturated rings. The summed E-state index contributed by atoms with van der Waals surface area (Å²) < 4.78 is 48.5. The lowest BCUT2D eigenvalue weighted by Crippen LogP contribution is -2.63. The summed E-state index contributed by atoms with van der Waals surface area (Å²) in [4.78, 5) is 51.4. The van der Waals surface area contributed by atoms with Gasteiger partial charge in [-0.05, 0) is 52.6 Å². The van der Waals surface area contributed by atoms with Crippen LogP contribution >= 0.6 is 0 Å². The molecule has 1 N–H and O–H groups in total. The van der Waals surface area contributed by atoms with Gasteiger partial charge in [0.1, 0.15) is 40.1 Å². The van der Waals surface area contributed by atoms with E-state index in [1.807, 2.05) is 91.0 Å². The number of ether oxygens (including phenoxy) is 7. The molecule has 13 heteroatoms. The van der Waals surface area contributed by atoms with Crippen molar-refractivity contribution in [1.29, 1.82) is 0 Å². The number of carbonyl (C=O) groups is 3. The zero-order valence-corrected chi connectivity index (χ0v) is 32.9. The molecule has 1 saturated heterocycles. The first-order valence-corrected chi connectivity index (χ1v) is 18.8. The van der Waals surface area contributed by atoms with E-state index < -0.39 is 65.6 Å². The second kappa shape index (κ2) is 17.0. The van der Waals surface area contributed by atoms with Crippen molar-refractivity contribution in [2.24, 2.45) is 0 Å². The Hall–Kier alpha value is -6.70. The SMILES string of the molecule is COc1cc(O[C@@H]2O[C@H](COC(c3ccccc3)(c3ccccc3)c3ccccc3)[C@@H](OC(C)=O)[C@H](OC(C)=O)[C@H]2OC(C)=O)c2c(O)c3c(=O)oc(C)cc3cc2c1. The van der Waals surface area contributed by atoms with Crippen molar-refractivity contribution >= 4 is 39.5 Å². The first kappa shape index (κ1) is 40.5. The van der Waals surface area contributed by atoms with Crippen molar-refractivity contribution in [3.63, 3.8) is 0 Å². The van der Waals surface area contributed by atoms with E-state index in [2.05, 4.69) is 0 Å². The minimum atomic E-state index is -1.61. The maximum Gasteiger partial charge on any atom is 0.347 e. The van der Waals surface area contributed by atoms with Crippen LogP contribution < -0.4 is 15.1 Å². The van der Waals surface area contributed by atoms with E-state index in [1.54, 1.807) is 25.1 Å². The normalized spacial score (nSPS) is 19.2. The molecule has 0 amide bonds. The lowest BCUT2D eigenvalue weighted by Gasteiger charge is -2.45. The van der Waals surface area contributed by atoms with Crippen molar-refractivity contribution in [1.82, 2.24) is 0 Å².